The number of hydrogen-bond donors (Lipinski definition) is 2. The van der Waals surface area contributed by atoms with E-state index >= 15 is 0 Å². The van der Waals surface area contributed by atoms with E-state index in [0.717, 1.165) is 6.26 Å². The van der Waals surface area contributed by atoms with Gasteiger partial charge < -0.3 is 10.1 Å². The molecule has 2 N–H and O–H groups in total. The van der Waals surface area contributed by atoms with Crippen LogP contribution in [-0.4, -0.2) is 45.9 Å². The van der Waals surface area contributed by atoms with E-state index in [4.69, 9.17) is 4.74 Å². The topological polar surface area (TPSA) is 84.5 Å². The molecule has 0 aliphatic carbocycles. The third kappa shape index (κ3) is 6.76. The third-order valence-electron chi connectivity index (χ3n) is 1.89. The van der Waals surface area contributed by atoms with Gasteiger partial charge in [0.25, 0.3) is 0 Å². The molecule has 1 amide bonds. The van der Waals surface area contributed by atoms with E-state index in [0.29, 0.717) is 0 Å². The Balaban J connectivity index is 4.24. The number of hydrogen-bond acceptors (Lipinski definition) is 4. The van der Waals surface area contributed by atoms with Gasteiger partial charge in [0.05, 0.1) is 6.26 Å². The van der Waals surface area contributed by atoms with Crippen LogP contribution in [0.5, 0.6) is 0 Å². The molecule has 0 aromatic heterocycles. The SMILES string of the molecule is COC(C)C(=O)NCC(C)(C)NS(C)(=O)=O. The summed E-state index contributed by atoms with van der Waals surface area (Å²) in [6, 6.07) is 0. The van der Waals surface area contributed by atoms with Gasteiger partial charge in [-0.15, -0.1) is 0 Å². The monoisotopic (exact) mass is 252 g/mol. The highest BCUT2D eigenvalue weighted by Gasteiger charge is 2.23. The van der Waals surface area contributed by atoms with Gasteiger partial charge in [0.1, 0.15) is 6.10 Å². The first-order valence-electron chi connectivity index (χ1n) is 4.87. The molecule has 0 spiro atoms. The Hall–Kier alpha value is -0.660. The van der Waals surface area contributed by atoms with Crippen molar-refractivity contribution in [2.45, 2.75) is 32.4 Å². The van der Waals surface area contributed by atoms with E-state index in [1.165, 1.54) is 7.11 Å². The molecular formula is C9H20N2O4S. The van der Waals surface area contributed by atoms with Crippen LogP contribution in [0.25, 0.3) is 0 Å². The molecule has 16 heavy (non-hydrogen) atoms. The molecule has 0 saturated carbocycles. The van der Waals surface area contributed by atoms with Crippen molar-refractivity contribution in [1.82, 2.24) is 10.0 Å². The van der Waals surface area contributed by atoms with Gasteiger partial charge in [-0.05, 0) is 20.8 Å². The first-order valence-corrected chi connectivity index (χ1v) is 6.76. The molecule has 0 aliphatic rings. The van der Waals surface area contributed by atoms with Crippen molar-refractivity contribution in [3.63, 3.8) is 0 Å². The maximum absolute atomic E-state index is 11.4. The number of carbonyl (C=O) groups is 1. The predicted octanol–water partition coefficient (Wildman–Crippen LogP) is -0.535. The highest BCUT2D eigenvalue weighted by molar-refractivity contribution is 7.88. The lowest BCUT2D eigenvalue weighted by molar-refractivity contribution is -0.130. The van der Waals surface area contributed by atoms with Gasteiger partial charge in [-0.2, -0.15) is 0 Å². The highest BCUT2D eigenvalue weighted by Crippen LogP contribution is 2.02. The molecule has 7 heteroatoms. The molecule has 0 heterocycles. The van der Waals surface area contributed by atoms with Crippen molar-refractivity contribution in [3.05, 3.63) is 0 Å². The average Bonchev–Trinajstić information content (AvgIpc) is 2.09. The zero-order chi connectivity index (χ0) is 13.0. The van der Waals surface area contributed by atoms with Crippen molar-refractivity contribution in [2.75, 3.05) is 19.9 Å². The standard InChI is InChI=1S/C9H20N2O4S/c1-7(15-4)8(12)10-6-9(2,3)11-16(5,13)14/h7,11H,6H2,1-5H3,(H,10,12). The summed E-state index contributed by atoms with van der Waals surface area (Å²) in [5, 5.41) is 2.61. The zero-order valence-electron chi connectivity index (χ0n) is 10.3. The molecular weight excluding hydrogens is 232 g/mol. The van der Waals surface area contributed by atoms with Gasteiger partial charge in [0, 0.05) is 19.2 Å². The molecule has 0 aromatic rings. The molecule has 0 saturated heterocycles. The summed E-state index contributed by atoms with van der Waals surface area (Å²) in [7, 11) is -1.85. The Morgan fingerprint density at radius 2 is 1.94 bits per heavy atom. The predicted molar refractivity (Wildman–Crippen MR) is 61.5 cm³/mol. The van der Waals surface area contributed by atoms with Crippen LogP contribution in [0.4, 0.5) is 0 Å². The Morgan fingerprint density at radius 3 is 2.31 bits per heavy atom. The second-order valence-corrected chi connectivity index (χ2v) is 6.10. The van der Waals surface area contributed by atoms with Crippen molar-refractivity contribution >= 4 is 15.9 Å². The van der Waals surface area contributed by atoms with Crippen LogP contribution >= 0.6 is 0 Å². The van der Waals surface area contributed by atoms with E-state index in [2.05, 4.69) is 10.0 Å². The molecule has 0 bridgehead atoms. The van der Waals surface area contributed by atoms with Crippen molar-refractivity contribution < 1.29 is 17.9 Å². The number of sulfonamides is 1. The summed E-state index contributed by atoms with van der Waals surface area (Å²) in [5.74, 6) is -0.272. The molecule has 0 aromatic carbocycles. The van der Waals surface area contributed by atoms with Crippen molar-refractivity contribution in [2.24, 2.45) is 0 Å². The molecule has 0 radical (unpaired) electrons. The van der Waals surface area contributed by atoms with E-state index in [1.54, 1.807) is 20.8 Å². The fourth-order valence-corrected chi connectivity index (χ4v) is 2.17. The van der Waals surface area contributed by atoms with E-state index in [9.17, 15) is 13.2 Å². The average molecular weight is 252 g/mol. The number of amides is 1. The fourth-order valence-electron chi connectivity index (χ4n) is 1.10. The van der Waals surface area contributed by atoms with Crippen LogP contribution in [0, 0.1) is 0 Å². The van der Waals surface area contributed by atoms with Crippen LogP contribution < -0.4 is 10.0 Å². The summed E-state index contributed by atoms with van der Waals surface area (Å²) in [6.07, 6.45) is 0.531. The summed E-state index contributed by atoms with van der Waals surface area (Å²) in [4.78, 5) is 11.4. The number of nitrogens with one attached hydrogen (secondary N) is 2. The second kappa shape index (κ2) is 5.60. The second-order valence-electron chi connectivity index (χ2n) is 4.35. The first-order chi connectivity index (χ1) is 7.07. The minimum atomic E-state index is -3.29. The maximum Gasteiger partial charge on any atom is 0.248 e. The Kier molecular flexibility index (Phi) is 5.37. The van der Waals surface area contributed by atoms with Gasteiger partial charge in [-0.25, -0.2) is 13.1 Å². The molecule has 1 atom stereocenters. The van der Waals surface area contributed by atoms with Crippen LogP contribution in [0.1, 0.15) is 20.8 Å². The normalized spacial score (nSPS) is 14.6. The molecule has 0 aliphatic heterocycles. The minimum absolute atomic E-state index is 0.201. The third-order valence-corrected chi connectivity index (χ3v) is 2.81. The number of ether oxygens (including phenoxy) is 1. The maximum atomic E-state index is 11.4. The van der Waals surface area contributed by atoms with Crippen LogP contribution in [0.3, 0.4) is 0 Å². The van der Waals surface area contributed by atoms with Gasteiger partial charge >= 0.3 is 0 Å². The smallest absolute Gasteiger partial charge is 0.248 e. The van der Waals surface area contributed by atoms with Crippen molar-refractivity contribution in [3.8, 4) is 0 Å². The molecule has 6 nitrogen and oxygen atoms in total. The highest BCUT2D eigenvalue weighted by atomic mass is 32.2. The number of carbonyl (C=O) groups excluding carboxylic acids is 1. The summed E-state index contributed by atoms with van der Waals surface area (Å²) < 4.78 is 29.3. The lowest BCUT2D eigenvalue weighted by Crippen LogP contribution is -2.52. The van der Waals surface area contributed by atoms with E-state index in [-0.39, 0.29) is 12.5 Å². The number of methoxy groups -OCH3 is 1. The van der Waals surface area contributed by atoms with Gasteiger partial charge in [0.2, 0.25) is 15.9 Å². The molecule has 96 valence electrons. The zero-order valence-corrected chi connectivity index (χ0v) is 11.1. The Labute approximate surface area is 96.8 Å². The number of rotatable bonds is 6. The van der Waals surface area contributed by atoms with Gasteiger partial charge in [0.15, 0.2) is 0 Å². The van der Waals surface area contributed by atoms with Crippen LogP contribution in [0.15, 0.2) is 0 Å². The summed E-state index contributed by atoms with van der Waals surface area (Å²) in [5.41, 5.74) is -0.725. The molecule has 0 rings (SSSR count). The lowest BCUT2D eigenvalue weighted by atomic mass is 10.1. The Bertz CT molecular complexity index is 337. The van der Waals surface area contributed by atoms with E-state index in [1.807, 2.05) is 0 Å². The summed E-state index contributed by atoms with van der Waals surface area (Å²) in [6.45, 7) is 5.19. The lowest BCUT2D eigenvalue weighted by Gasteiger charge is -2.25. The quantitative estimate of drug-likeness (QED) is 0.665. The fraction of sp³-hybridized carbons (Fsp3) is 0.889. The van der Waals surface area contributed by atoms with Gasteiger partial charge in [-0.3, -0.25) is 4.79 Å². The molecule has 0 fully saturated rings. The minimum Gasteiger partial charge on any atom is -0.372 e. The Morgan fingerprint density at radius 1 is 1.44 bits per heavy atom. The summed E-state index contributed by atoms with van der Waals surface area (Å²) >= 11 is 0. The van der Waals surface area contributed by atoms with Gasteiger partial charge in [-0.1, -0.05) is 0 Å². The largest absolute Gasteiger partial charge is 0.372 e. The van der Waals surface area contributed by atoms with Crippen LogP contribution in [0.2, 0.25) is 0 Å². The first kappa shape index (κ1) is 15.3. The molecule has 1 unspecified atom stereocenters. The van der Waals surface area contributed by atoms with Crippen LogP contribution in [-0.2, 0) is 19.6 Å². The van der Waals surface area contributed by atoms with E-state index < -0.39 is 21.7 Å². The van der Waals surface area contributed by atoms with Crippen molar-refractivity contribution in [1.29, 1.82) is 0 Å².